The fourth-order valence-electron chi connectivity index (χ4n) is 1.19. The summed E-state index contributed by atoms with van der Waals surface area (Å²) in [4.78, 5) is 4.03. The Kier molecular flexibility index (Phi) is 5.60. The zero-order valence-corrected chi connectivity index (χ0v) is 10.1. The number of aromatic nitrogens is 1. The van der Waals surface area contributed by atoms with Crippen molar-refractivity contribution >= 4 is 15.9 Å². The summed E-state index contributed by atoms with van der Waals surface area (Å²) in [5.41, 5.74) is 0. The molecule has 0 radical (unpaired) electrons. The summed E-state index contributed by atoms with van der Waals surface area (Å²) in [6.07, 6.45) is 8.42. The van der Waals surface area contributed by atoms with Crippen molar-refractivity contribution in [2.24, 2.45) is 0 Å². The molecule has 0 unspecified atom stereocenters. The van der Waals surface area contributed by atoms with Gasteiger partial charge in [-0.15, -0.1) is 0 Å². The molecule has 2 nitrogen and oxygen atoms in total. The number of hydrogen-bond donors (Lipinski definition) is 0. The monoisotopic (exact) mass is 257 g/mol. The van der Waals surface area contributed by atoms with Gasteiger partial charge in [-0.3, -0.25) is 4.98 Å². The number of hydrogen-bond acceptors (Lipinski definition) is 2. The van der Waals surface area contributed by atoms with Gasteiger partial charge in [0.15, 0.2) is 0 Å². The minimum atomic E-state index is 0.790. The maximum Gasteiger partial charge on any atom is 0.138 e. The van der Waals surface area contributed by atoms with Crippen molar-refractivity contribution in [1.82, 2.24) is 4.98 Å². The molecule has 0 fully saturated rings. The second kappa shape index (κ2) is 6.82. The van der Waals surface area contributed by atoms with Gasteiger partial charge in [0.2, 0.25) is 0 Å². The van der Waals surface area contributed by atoms with Crippen LogP contribution in [0.3, 0.4) is 0 Å². The maximum atomic E-state index is 5.54. The second-order valence-corrected chi connectivity index (χ2v) is 4.16. The van der Waals surface area contributed by atoms with Crippen LogP contribution in [0.25, 0.3) is 0 Å². The van der Waals surface area contributed by atoms with Crippen molar-refractivity contribution in [3.05, 3.63) is 22.9 Å². The Hall–Kier alpha value is -0.570. The first-order valence-electron chi connectivity index (χ1n) is 5.06. The lowest BCUT2D eigenvalue weighted by Crippen LogP contribution is -1.97. The van der Waals surface area contributed by atoms with Crippen molar-refractivity contribution in [3.8, 4) is 5.75 Å². The largest absolute Gasteiger partial charge is 0.492 e. The smallest absolute Gasteiger partial charge is 0.138 e. The first-order valence-corrected chi connectivity index (χ1v) is 5.85. The SMILES string of the molecule is CCCCCCOc1cncc(Br)c1. The second-order valence-electron chi connectivity index (χ2n) is 3.25. The number of halogens is 1. The first-order chi connectivity index (χ1) is 6.83. The van der Waals surface area contributed by atoms with Crippen molar-refractivity contribution in [3.63, 3.8) is 0 Å². The van der Waals surface area contributed by atoms with Crippen molar-refractivity contribution in [2.45, 2.75) is 32.6 Å². The highest BCUT2D eigenvalue weighted by molar-refractivity contribution is 9.10. The van der Waals surface area contributed by atoms with E-state index < -0.39 is 0 Å². The Morgan fingerprint density at radius 3 is 2.86 bits per heavy atom. The molecule has 1 rings (SSSR count). The molecule has 0 aliphatic rings. The van der Waals surface area contributed by atoms with Gasteiger partial charge < -0.3 is 4.74 Å². The van der Waals surface area contributed by atoms with Gasteiger partial charge in [-0.25, -0.2) is 0 Å². The quantitative estimate of drug-likeness (QED) is 0.724. The predicted molar refractivity (Wildman–Crippen MR) is 61.6 cm³/mol. The molecule has 78 valence electrons. The van der Waals surface area contributed by atoms with Crippen LogP contribution in [-0.2, 0) is 0 Å². The van der Waals surface area contributed by atoms with Crippen molar-refractivity contribution < 1.29 is 4.74 Å². The Morgan fingerprint density at radius 2 is 2.14 bits per heavy atom. The summed E-state index contributed by atoms with van der Waals surface area (Å²) in [5.74, 6) is 0.843. The fourth-order valence-corrected chi connectivity index (χ4v) is 1.53. The lowest BCUT2D eigenvalue weighted by atomic mass is 10.2. The lowest BCUT2D eigenvalue weighted by Gasteiger charge is -2.05. The van der Waals surface area contributed by atoms with E-state index in [9.17, 15) is 0 Å². The standard InChI is InChI=1S/C11H16BrNO/c1-2-3-4-5-6-14-11-7-10(12)8-13-9-11/h7-9H,2-6H2,1H3. The number of rotatable bonds is 6. The summed E-state index contributed by atoms with van der Waals surface area (Å²) >= 11 is 3.35. The van der Waals surface area contributed by atoms with Crippen LogP contribution < -0.4 is 4.74 Å². The fraction of sp³-hybridized carbons (Fsp3) is 0.545. The molecule has 0 amide bonds. The molecule has 0 aromatic carbocycles. The van der Waals surface area contributed by atoms with Gasteiger partial charge in [0.25, 0.3) is 0 Å². The van der Waals surface area contributed by atoms with Crippen molar-refractivity contribution in [1.29, 1.82) is 0 Å². The zero-order valence-electron chi connectivity index (χ0n) is 8.50. The molecule has 0 N–H and O–H groups in total. The van der Waals surface area contributed by atoms with Gasteiger partial charge in [0, 0.05) is 10.7 Å². The molecule has 1 aromatic rings. The van der Waals surface area contributed by atoms with E-state index in [0.717, 1.165) is 23.2 Å². The maximum absolute atomic E-state index is 5.54. The molecule has 14 heavy (non-hydrogen) atoms. The zero-order chi connectivity index (χ0) is 10.2. The molecular weight excluding hydrogens is 242 g/mol. The molecule has 0 saturated carbocycles. The van der Waals surface area contributed by atoms with Crippen LogP contribution in [0.2, 0.25) is 0 Å². The van der Waals surface area contributed by atoms with Gasteiger partial charge in [-0.05, 0) is 28.4 Å². The molecular formula is C11H16BrNO. The summed E-state index contributed by atoms with van der Waals surface area (Å²) in [7, 11) is 0. The van der Waals surface area contributed by atoms with Gasteiger partial charge in [0.1, 0.15) is 5.75 Å². The first kappa shape index (κ1) is 11.5. The third-order valence-corrected chi connectivity index (χ3v) is 2.38. The van der Waals surface area contributed by atoms with Crippen LogP contribution in [-0.4, -0.2) is 11.6 Å². The van der Waals surface area contributed by atoms with E-state index in [0.29, 0.717) is 0 Å². The van der Waals surface area contributed by atoms with Gasteiger partial charge >= 0.3 is 0 Å². The highest BCUT2D eigenvalue weighted by Gasteiger charge is 1.95. The topological polar surface area (TPSA) is 22.1 Å². The minimum absolute atomic E-state index is 0.790. The summed E-state index contributed by atoms with van der Waals surface area (Å²) in [5, 5.41) is 0. The normalized spacial score (nSPS) is 10.1. The number of ether oxygens (including phenoxy) is 1. The Bertz CT molecular complexity index is 265. The van der Waals surface area contributed by atoms with Gasteiger partial charge in [0.05, 0.1) is 12.8 Å². The average Bonchev–Trinajstić information content (AvgIpc) is 2.18. The highest BCUT2D eigenvalue weighted by atomic mass is 79.9. The molecule has 0 atom stereocenters. The molecule has 3 heteroatoms. The van der Waals surface area contributed by atoms with E-state index >= 15 is 0 Å². The Morgan fingerprint density at radius 1 is 1.29 bits per heavy atom. The average molecular weight is 258 g/mol. The van der Waals surface area contributed by atoms with E-state index in [1.807, 2.05) is 6.07 Å². The van der Waals surface area contributed by atoms with Gasteiger partial charge in [-0.1, -0.05) is 26.2 Å². The molecule has 0 aliphatic carbocycles. The third kappa shape index (κ3) is 4.61. The molecule has 1 aromatic heterocycles. The van der Waals surface area contributed by atoms with Crippen molar-refractivity contribution in [2.75, 3.05) is 6.61 Å². The minimum Gasteiger partial charge on any atom is -0.492 e. The van der Waals surface area contributed by atoms with Crippen LogP contribution >= 0.6 is 15.9 Å². The Labute approximate surface area is 93.8 Å². The number of nitrogens with zero attached hydrogens (tertiary/aromatic N) is 1. The summed E-state index contributed by atoms with van der Waals surface area (Å²) in [6, 6.07) is 1.94. The van der Waals surface area contributed by atoms with E-state index in [-0.39, 0.29) is 0 Å². The molecule has 0 spiro atoms. The third-order valence-electron chi connectivity index (χ3n) is 1.95. The summed E-state index contributed by atoms with van der Waals surface area (Å²) in [6.45, 7) is 3.00. The lowest BCUT2D eigenvalue weighted by molar-refractivity contribution is 0.304. The van der Waals surface area contributed by atoms with Crippen LogP contribution in [0.15, 0.2) is 22.9 Å². The molecule has 0 saturated heterocycles. The Balaban J connectivity index is 2.18. The molecule has 0 bridgehead atoms. The predicted octanol–water partition coefficient (Wildman–Crippen LogP) is 3.80. The highest BCUT2D eigenvalue weighted by Crippen LogP contribution is 2.16. The van der Waals surface area contributed by atoms with Crippen LogP contribution in [0.5, 0.6) is 5.75 Å². The number of pyridine rings is 1. The van der Waals surface area contributed by atoms with E-state index in [4.69, 9.17) is 4.74 Å². The van der Waals surface area contributed by atoms with Crippen LogP contribution in [0.1, 0.15) is 32.6 Å². The van der Waals surface area contributed by atoms with E-state index in [1.165, 1.54) is 19.3 Å². The summed E-state index contributed by atoms with van der Waals surface area (Å²) < 4.78 is 6.50. The van der Waals surface area contributed by atoms with Crippen LogP contribution in [0.4, 0.5) is 0 Å². The number of unbranched alkanes of at least 4 members (excludes halogenated alkanes) is 3. The molecule has 1 heterocycles. The molecule has 0 aliphatic heterocycles. The van der Waals surface area contributed by atoms with Gasteiger partial charge in [-0.2, -0.15) is 0 Å². The van der Waals surface area contributed by atoms with E-state index in [1.54, 1.807) is 12.4 Å². The van der Waals surface area contributed by atoms with E-state index in [2.05, 4.69) is 27.8 Å². The van der Waals surface area contributed by atoms with Crippen LogP contribution in [0, 0.1) is 0 Å².